The van der Waals surface area contributed by atoms with Crippen LogP contribution in [0.1, 0.15) is 93.9 Å². The van der Waals surface area contributed by atoms with E-state index in [0.717, 1.165) is 31.3 Å². The van der Waals surface area contributed by atoms with E-state index in [0.29, 0.717) is 6.42 Å². The number of esters is 2. The fourth-order valence-corrected chi connectivity index (χ4v) is 10.3. The molecule has 6 heteroatoms. The Morgan fingerprint density at radius 1 is 1.06 bits per heavy atom. The maximum atomic E-state index is 13.3. The van der Waals surface area contributed by atoms with Gasteiger partial charge in [-0.3, -0.25) is 9.59 Å². The Morgan fingerprint density at radius 3 is 2.33 bits per heavy atom. The van der Waals surface area contributed by atoms with Crippen molar-refractivity contribution in [2.24, 2.45) is 45.3 Å². The molecule has 0 aromatic rings. The van der Waals surface area contributed by atoms with E-state index in [9.17, 15) is 19.5 Å². The minimum absolute atomic E-state index is 0.0419. The summed E-state index contributed by atoms with van der Waals surface area (Å²) < 4.78 is 12.0. The topological polar surface area (TPSA) is 89.9 Å². The number of hydrogen-bond donors (Lipinski definition) is 1. The number of allylic oxidation sites excluding steroid dienone is 2. The standard InChI is InChI=1S/C30H44O6/c1-16(2)13-17(31)15-29(7,34)18-9-11-27(5)19(18)14-20-22-28(27,6)12-10-21-26(3,4)25(33)36-23(24(32)35-20)30(21,22)8/h13,18-23,34H,9-12,14-15H2,1-8H3. The SMILES string of the molecule is CC(C)=CC(=O)CC(C)(O)C1CCC2(C)C1CC1OC(=O)C3OC(=O)C(C)(C)C4CCC2(C)C1C34C. The lowest BCUT2D eigenvalue weighted by atomic mass is 9.35. The lowest BCUT2D eigenvalue weighted by Gasteiger charge is -2.72. The second kappa shape index (κ2) is 7.68. The molecule has 2 saturated heterocycles. The zero-order valence-electron chi connectivity index (χ0n) is 23.3. The Hall–Kier alpha value is -1.69. The second-order valence-corrected chi connectivity index (χ2v) is 14.5. The zero-order chi connectivity index (χ0) is 26.6. The Kier molecular flexibility index (Phi) is 5.53. The molecule has 0 bridgehead atoms. The molecule has 2 heterocycles. The van der Waals surface area contributed by atoms with E-state index in [1.165, 1.54) is 0 Å². The summed E-state index contributed by atoms with van der Waals surface area (Å²) in [5.41, 5.74) is -1.54. The molecular formula is C30H44O6. The number of hydrogen-bond acceptors (Lipinski definition) is 6. The van der Waals surface area contributed by atoms with Gasteiger partial charge in [-0.15, -0.1) is 0 Å². The monoisotopic (exact) mass is 500 g/mol. The minimum atomic E-state index is -1.13. The van der Waals surface area contributed by atoms with Crippen LogP contribution in [-0.4, -0.2) is 40.6 Å². The van der Waals surface area contributed by atoms with Crippen molar-refractivity contribution >= 4 is 17.7 Å². The first kappa shape index (κ1) is 25.9. The molecule has 5 rings (SSSR count). The smallest absolute Gasteiger partial charge is 0.348 e. The van der Waals surface area contributed by atoms with Crippen molar-refractivity contribution in [3.8, 4) is 0 Å². The number of fused-ring (bicyclic) bond motifs is 2. The molecule has 0 aromatic heterocycles. The summed E-state index contributed by atoms with van der Waals surface area (Å²) in [6.45, 7) is 16.5. The maximum absolute atomic E-state index is 13.3. The zero-order valence-corrected chi connectivity index (χ0v) is 23.3. The Morgan fingerprint density at radius 2 is 1.69 bits per heavy atom. The third kappa shape index (κ3) is 3.15. The first-order valence-electron chi connectivity index (χ1n) is 13.8. The number of ketones is 1. The highest BCUT2D eigenvalue weighted by Gasteiger charge is 2.77. The van der Waals surface area contributed by atoms with Gasteiger partial charge in [0.05, 0.1) is 11.0 Å². The van der Waals surface area contributed by atoms with Gasteiger partial charge in [-0.05, 0) is 101 Å². The minimum Gasteiger partial charge on any atom is -0.459 e. The summed E-state index contributed by atoms with van der Waals surface area (Å²) in [4.78, 5) is 38.9. The van der Waals surface area contributed by atoms with Gasteiger partial charge in [-0.1, -0.05) is 26.3 Å². The van der Waals surface area contributed by atoms with Gasteiger partial charge in [0, 0.05) is 17.8 Å². The van der Waals surface area contributed by atoms with Gasteiger partial charge in [0.15, 0.2) is 5.78 Å². The number of carbonyl (C=O) groups excluding carboxylic acids is 3. The van der Waals surface area contributed by atoms with Crippen LogP contribution < -0.4 is 0 Å². The largest absolute Gasteiger partial charge is 0.459 e. The van der Waals surface area contributed by atoms with E-state index in [1.54, 1.807) is 6.08 Å². The van der Waals surface area contributed by atoms with Crippen LogP contribution in [0.5, 0.6) is 0 Å². The van der Waals surface area contributed by atoms with Crippen LogP contribution in [0.4, 0.5) is 0 Å². The Bertz CT molecular complexity index is 1040. The summed E-state index contributed by atoms with van der Waals surface area (Å²) in [6, 6.07) is 0. The van der Waals surface area contributed by atoms with Crippen molar-refractivity contribution in [1.82, 2.24) is 0 Å². The summed E-state index contributed by atoms with van der Waals surface area (Å²) in [5.74, 6) is -0.533. The van der Waals surface area contributed by atoms with Crippen molar-refractivity contribution in [2.75, 3.05) is 0 Å². The quantitative estimate of drug-likeness (QED) is 0.431. The Balaban J connectivity index is 1.55. The number of rotatable bonds is 4. The van der Waals surface area contributed by atoms with E-state index in [4.69, 9.17) is 9.47 Å². The number of aliphatic hydroxyl groups is 1. The molecule has 5 fully saturated rings. The van der Waals surface area contributed by atoms with E-state index in [2.05, 4.69) is 20.8 Å². The van der Waals surface area contributed by atoms with Gasteiger partial charge in [0.2, 0.25) is 6.10 Å². The summed E-state index contributed by atoms with van der Waals surface area (Å²) in [6.07, 6.45) is 4.92. The first-order chi connectivity index (χ1) is 16.5. The molecule has 200 valence electrons. The van der Waals surface area contributed by atoms with Gasteiger partial charge in [0.25, 0.3) is 0 Å². The third-order valence-electron chi connectivity index (χ3n) is 12.0. The van der Waals surface area contributed by atoms with Crippen LogP contribution in [0.3, 0.4) is 0 Å². The van der Waals surface area contributed by atoms with Gasteiger partial charge >= 0.3 is 11.9 Å². The second-order valence-electron chi connectivity index (χ2n) is 14.5. The molecule has 0 radical (unpaired) electrons. The van der Waals surface area contributed by atoms with Crippen molar-refractivity contribution in [2.45, 2.75) is 112 Å². The van der Waals surface area contributed by atoms with E-state index in [-0.39, 0.29) is 58.8 Å². The van der Waals surface area contributed by atoms with Gasteiger partial charge in [-0.25, -0.2) is 4.79 Å². The highest BCUT2D eigenvalue weighted by Crippen LogP contribution is 2.76. The molecule has 1 N–H and O–H groups in total. The highest BCUT2D eigenvalue weighted by molar-refractivity contribution is 5.91. The summed E-state index contributed by atoms with van der Waals surface area (Å²) in [7, 11) is 0. The molecular weight excluding hydrogens is 456 g/mol. The number of ether oxygens (including phenoxy) is 2. The molecule has 0 amide bonds. The fourth-order valence-electron chi connectivity index (χ4n) is 10.3. The lowest BCUT2D eigenvalue weighted by molar-refractivity contribution is -0.304. The van der Waals surface area contributed by atoms with Gasteiger partial charge in [-0.2, -0.15) is 0 Å². The molecule has 10 atom stereocenters. The first-order valence-corrected chi connectivity index (χ1v) is 13.8. The van der Waals surface area contributed by atoms with Crippen LogP contribution in [-0.2, 0) is 23.9 Å². The predicted octanol–water partition coefficient (Wildman–Crippen LogP) is 5.01. The van der Waals surface area contributed by atoms with E-state index < -0.39 is 28.5 Å². The summed E-state index contributed by atoms with van der Waals surface area (Å²) in [5, 5.41) is 11.7. The molecule has 0 spiro atoms. The van der Waals surface area contributed by atoms with Gasteiger partial charge in [0.1, 0.15) is 6.10 Å². The molecule has 3 saturated carbocycles. The average Bonchev–Trinajstić information content (AvgIpc) is 3.07. The molecule has 5 aliphatic rings. The van der Waals surface area contributed by atoms with Crippen LogP contribution >= 0.6 is 0 Å². The number of carbonyl (C=O) groups is 3. The van der Waals surface area contributed by atoms with Crippen LogP contribution in [0.15, 0.2) is 11.6 Å². The molecule has 0 aromatic carbocycles. The van der Waals surface area contributed by atoms with Crippen molar-refractivity contribution < 1.29 is 29.0 Å². The predicted molar refractivity (Wildman–Crippen MR) is 135 cm³/mol. The van der Waals surface area contributed by atoms with Crippen molar-refractivity contribution in [3.05, 3.63) is 11.6 Å². The normalized spacial score (nSPS) is 48.0. The van der Waals surface area contributed by atoms with Crippen LogP contribution in [0.25, 0.3) is 0 Å². The fraction of sp³-hybridized carbons (Fsp3) is 0.833. The maximum Gasteiger partial charge on any atom is 0.348 e. The van der Waals surface area contributed by atoms with Crippen molar-refractivity contribution in [3.63, 3.8) is 0 Å². The lowest BCUT2D eigenvalue weighted by Crippen LogP contribution is -2.75. The van der Waals surface area contributed by atoms with Crippen molar-refractivity contribution in [1.29, 1.82) is 0 Å². The summed E-state index contributed by atoms with van der Waals surface area (Å²) >= 11 is 0. The van der Waals surface area contributed by atoms with E-state index in [1.807, 2.05) is 34.6 Å². The van der Waals surface area contributed by atoms with Crippen LogP contribution in [0.2, 0.25) is 0 Å². The highest BCUT2D eigenvalue weighted by atomic mass is 16.6. The average molecular weight is 501 g/mol. The van der Waals surface area contributed by atoms with Crippen LogP contribution in [0, 0.1) is 45.3 Å². The molecule has 10 unspecified atom stereocenters. The molecule has 3 aliphatic carbocycles. The van der Waals surface area contributed by atoms with E-state index >= 15 is 0 Å². The third-order valence-corrected chi connectivity index (χ3v) is 12.0. The van der Waals surface area contributed by atoms with Gasteiger partial charge < -0.3 is 14.6 Å². The Labute approximate surface area is 215 Å². The molecule has 36 heavy (non-hydrogen) atoms. The molecule has 6 nitrogen and oxygen atoms in total. The molecule has 2 aliphatic heterocycles.